The predicted molar refractivity (Wildman–Crippen MR) is 74.0 cm³/mol. The Balaban J connectivity index is 1.78. The third-order valence-electron chi connectivity index (χ3n) is 2.37. The van der Waals surface area contributed by atoms with E-state index in [4.69, 9.17) is 23.2 Å². The van der Waals surface area contributed by atoms with Crippen LogP contribution in [0.5, 0.6) is 0 Å². The largest absolute Gasteiger partial charge is 0.312 e. The quantitative estimate of drug-likeness (QED) is 0.846. The summed E-state index contributed by atoms with van der Waals surface area (Å²) in [5.74, 6) is 0. The Hall–Kier alpha value is -0.610. The van der Waals surface area contributed by atoms with Crippen LogP contribution < -0.4 is 5.32 Å². The Kier molecular flexibility index (Phi) is 4.80. The number of hydrogen-bond acceptors (Lipinski definition) is 3. The molecular formula is C12H12Cl2N2S. The van der Waals surface area contributed by atoms with Crippen LogP contribution in [-0.2, 0) is 13.0 Å². The standard InChI is InChI=1S/C12H12Cl2N2S/c13-10-2-1-9(12(14)5-10)6-15-4-3-11-7-17-8-16-11/h1-2,5,7-8,15H,3-4,6H2. The van der Waals surface area contributed by atoms with Crippen molar-refractivity contribution in [3.63, 3.8) is 0 Å². The minimum absolute atomic E-state index is 0.668. The maximum atomic E-state index is 6.07. The van der Waals surface area contributed by atoms with Crippen LogP contribution in [0, 0.1) is 0 Å². The molecule has 0 aliphatic carbocycles. The summed E-state index contributed by atoms with van der Waals surface area (Å²) < 4.78 is 0. The highest BCUT2D eigenvalue weighted by molar-refractivity contribution is 7.07. The molecule has 0 radical (unpaired) electrons. The summed E-state index contributed by atoms with van der Waals surface area (Å²) in [4.78, 5) is 4.22. The summed E-state index contributed by atoms with van der Waals surface area (Å²) >= 11 is 13.5. The maximum Gasteiger partial charge on any atom is 0.0794 e. The van der Waals surface area contributed by atoms with E-state index in [9.17, 15) is 0 Å². The predicted octanol–water partition coefficient (Wildman–Crippen LogP) is 3.78. The summed E-state index contributed by atoms with van der Waals surface area (Å²) in [7, 11) is 0. The fourth-order valence-corrected chi connectivity index (χ4v) is 2.53. The van der Waals surface area contributed by atoms with Crippen LogP contribution in [0.25, 0.3) is 0 Å². The molecule has 1 N–H and O–H groups in total. The monoisotopic (exact) mass is 286 g/mol. The summed E-state index contributed by atoms with van der Waals surface area (Å²) in [6, 6.07) is 5.56. The summed E-state index contributed by atoms with van der Waals surface area (Å²) in [6.07, 6.45) is 0.939. The van der Waals surface area contributed by atoms with Crippen molar-refractivity contribution in [2.45, 2.75) is 13.0 Å². The van der Waals surface area contributed by atoms with Crippen LogP contribution in [0.2, 0.25) is 10.0 Å². The average molecular weight is 287 g/mol. The van der Waals surface area contributed by atoms with E-state index in [1.165, 1.54) is 0 Å². The van der Waals surface area contributed by atoms with E-state index in [1.807, 2.05) is 17.6 Å². The molecule has 2 rings (SSSR count). The van der Waals surface area contributed by atoms with E-state index in [0.717, 1.165) is 30.8 Å². The van der Waals surface area contributed by atoms with Gasteiger partial charge in [0.05, 0.1) is 11.2 Å². The third-order valence-corrected chi connectivity index (χ3v) is 3.59. The highest BCUT2D eigenvalue weighted by Crippen LogP contribution is 2.20. The lowest BCUT2D eigenvalue weighted by Gasteiger charge is -2.06. The molecule has 0 aliphatic heterocycles. The van der Waals surface area contributed by atoms with Crippen molar-refractivity contribution in [3.8, 4) is 0 Å². The Labute approximate surface area is 115 Å². The van der Waals surface area contributed by atoms with Gasteiger partial charge in [-0.25, -0.2) is 4.98 Å². The topological polar surface area (TPSA) is 24.9 Å². The molecular weight excluding hydrogens is 275 g/mol. The molecule has 0 fully saturated rings. The van der Waals surface area contributed by atoms with Gasteiger partial charge in [0, 0.05) is 34.9 Å². The normalized spacial score (nSPS) is 10.7. The molecule has 90 valence electrons. The lowest BCUT2D eigenvalue weighted by molar-refractivity contribution is 0.681. The second kappa shape index (κ2) is 6.36. The summed E-state index contributed by atoms with van der Waals surface area (Å²) in [6.45, 7) is 1.64. The molecule has 2 nitrogen and oxygen atoms in total. The van der Waals surface area contributed by atoms with Crippen molar-refractivity contribution < 1.29 is 0 Å². The first-order chi connectivity index (χ1) is 8.25. The Morgan fingerprint density at radius 3 is 2.88 bits per heavy atom. The van der Waals surface area contributed by atoms with Crippen LogP contribution >= 0.6 is 34.5 Å². The van der Waals surface area contributed by atoms with Crippen molar-refractivity contribution in [2.75, 3.05) is 6.54 Å². The number of aromatic nitrogens is 1. The molecule has 0 aliphatic rings. The molecule has 5 heteroatoms. The van der Waals surface area contributed by atoms with Crippen molar-refractivity contribution >= 4 is 34.5 Å². The van der Waals surface area contributed by atoms with Crippen LogP contribution in [0.3, 0.4) is 0 Å². The van der Waals surface area contributed by atoms with Crippen LogP contribution in [0.1, 0.15) is 11.3 Å². The average Bonchev–Trinajstić information content (AvgIpc) is 2.79. The molecule has 0 bridgehead atoms. The number of benzene rings is 1. The Morgan fingerprint density at radius 1 is 1.29 bits per heavy atom. The van der Waals surface area contributed by atoms with E-state index < -0.39 is 0 Å². The van der Waals surface area contributed by atoms with Gasteiger partial charge in [-0.1, -0.05) is 29.3 Å². The molecule has 0 spiro atoms. The Bertz CT molecular complexity index is 471. The molecule has 0 unspecified atom stereocenters. The van der Waals surface area contributed by atoms with Gasteiger partial charge < -0.3 is 5.32 Å². The van der Waals surface area contributed by atoms with E-state index in [1.54, 1.807) is 17.4 Å². The zero-order valence-electron chi connectivity index (χ0n) is 9.12. The summed E-state index contributed by atoms with van der Waals surface area (Å²) in [5.41, 5.74) is 4.05. The van der Waals surface area contributed by atoms with Gasteiger partial charge in [0.25, 0.3) is 0 Å². The van der Waals surface area contributed by atoms with Crippen LogP contribution in [0.15, 0.2) is 29.1 Å². The van der Waals surface area contributed by atoms with Gasteiger partial charge >= 0.3 is 0 Å². The molecule has 0 saturated heterocycles. The minimum Gasteiger partial charge on any atom is -0.312 e. The molecule has 1 heterocycles. The van der Waals surface area contributed by atoms with E-state index >= 15 is 0 Å². The smallest absolute Gasteiger partial charge is 0.0794 e. The number of rotatable bonds is 5. The fourth-order valence-electron chi connectivity index (χ4n) is 1.47. The zero-order valence-corrected chi connectivity index (χ0v) is 11.4. The third kappa shape index (κ3) is 3.96. The first-order valence-electron chi connectivity index (χ1n) is 5.27. The van der Waals surface area contributed by atoms with Crippen molar-refractivity contribution in [1.29, 1.82) is 0 Å². The van der Waals surface area contributed by atoms with Gasteiger partial charge in [-0.15, -0.1) is 11.3 Å². The van der Waals surface area contributed by atoms with Gasteiger partial charge in [0.1, 0.15) is 0 Å². The van der Waals surface area contributed by atoms with E-state index in [0.29, 0.717) is 10.0 Å². The van der Waals surface area contributed by atoms with Crippen molar-refractivity contribution in [1.82, 2.24) is 10.3 Å². The second-order valence-corrected chi connectivity index (χ2v) is 5.20. The maximum absolute atomic E-state index is 6.07. The molecule has 2 aromatic rings. The Morgan fingerprint density at radius 2 is 2.18 bits per heavy atom. The second-order valence-electron chi connectivity index (χ2n) is 3.64. The van der Waals surface area contributed by atoms with Crippen molar-refractivity contribution in [3.05, 3.63) is 50.4 Å². The molecule has 1 aromatic carbocycles. The lowest BCUT2D eigenvalue weighted by atomic mass is 10.2. The fraction of sp³-hybridized carbons (Fsp3) is 0.250. The molecule has 1 aromatic heterocycles. The van der Waals surface area contributed by atoms with E-state index in [2.05, 4.69) is 15.7 Å². The number of hydrogen-bond donors (Lipinski definition) is 1. The first-order valence-corrected chi connectivity index (χ1v) is 6.97. The number of nitrogens with one attached hydrogen (secondary N) is 1. The highest BCUT2D eigenvalue weighted by atomic mass is 35.5. The van der Waals surface area contributed by atoms with Crippen LogP contribution in [-0.4, -0.2) is 11.5 Å². The van der Waals surface area contributed by atoms with Crippen molar-refractivity contribution in [2.24, 2.45) is 0 Å². The zero-order chi connectivity index (χ0) is 12.1. The lowest BCUT2D eigenvalue weighted by Crippen LogP contribution is -2.17. The summed E-state index contributed by atoms with van der Waals surface area (Å²) in [5, 5.41) is 6.78. The minimum atomic E-state index is 0.668. The van der Waals surface area contributed by atoms with Gasteiger partial charge in [-0.3, -0.25) is 0 Å². The highest BCUT2D eigenvalue weighted by Gasteiger charge is 2.01. The van der Waals surface area contributed by atoms with Gasteiger partial charge in [-0.2, -0.15) is 0 Å². The van der Waals surface area contributed by atoms with Gasteiger partial charge in [-0.05, 0) is 17.7 Å². The van der Waals surface area contributed by atoms with Crippen LogP contribution in [0.4, 0.5) is 0 Å². The number of halogens is 2. The van der Waals surface area contributed by atoms with Gasteiger partial charge in [0.15, 0.2) is 0 Å². The molecule has 17 heavy (non-hydrogen) atoms. The molecule has 0 amide bonds. The van der Waals surface area contributed by atoms with Gasteiger partial charge in [0.2, 0.25) is 0 Å². The molecule has 0 atom stereocenters. The number of thiazole rings is 1. The van der Waals surface area contributed by atoms with E-state index in [-0.39, 0.29) is 0 Å². The first kappa shape index (κ1) is 12.8. The molecule has 0 saturated carbocycles. The number of nitrogens with zero attached hydrogens (tertiary/aromatic N) is 1. The SMILES string of the molecule is Clc1ccc(CNCCc2cscn2)c(Cl)c1.